The zero-order valence-electron chi connectivity index (χ0n) is 10.9. The highest BCUT2D eigenvalue weighted by molar-refractivity contribution is 5.94. The van der Waals surface area contributed by atoms with Crippen molar-refractivity contribution >= 4 is 23.9 Å². The molecule has 1 heterocycles. The molecule has 7 heteroatoms. The number of nitrogens with one attached hydrogen (secondary N) is 2. The molecule has 1 aromatic rings. The first-order chi connectivity index (χ1) is 9.49. The number of carbonyl (C=O) groups is 3. The van der Waals surface area contributed by atoms with E-state index in [1.54, 1.807) is 0 Å². The van der Waals surface area contributed by atoms with Crippen LogP contribution >= 0.6 is 0 Å². The van der Waals surface area contributed by atoms with Crippen LogP contribution in [-0.4, -0.2) is 41.0 Å². The van der Waals surface area contributed by atoms with Crippen LogP contribution in [0, 0.1) is 0 Å². The summed E-state index contributed by atoms with van der Waals surface area (Å²) in [7, 11) is 0. The molecule has 0 fully saturated rings. The fraction of sp³-hybridized carbons (Fsp3) is 0.231. The van der Waals surface area contributed by atoms with Crippen LogP contribution in [0.2, 0.25) is 0 Å². The van der Waals surface area contributed by atoms with Gasteiger partial charge in [0, 0.05) is 38.5 Å². The fourth-order valence-corrected chi connectivity index (χ4v) is 1.36. The highest BCUT2D eigenvalue weighted by atomic mass is 16.4. The lowest BCUT2D eigenvalue weighted by Crippen LogP contribution is -2.33. The summed E-state index contributed by atoms with van der Waals surface area (Å²) in [6.45, 7) is 2.03. The number of carboxylic acids is 1. The molecule has 0 saturated heterocycles. The van der Waals surface area contributed by atoms with Crippen molar-refractivity contribution in [2.24, 2.45) is 0 Å². The second kappa shape index (κ2) is 7.67. The van der Waals surface area contributed by atoms with E-state index < -0.39 is 5.97 Å². The summed E-state index contributed by atoms with van der Waals surface area (Å²) in [6, 6.07) is 1.53. The summed E-state index contributed by atoms with van der Waals surface area (Å²) in [5, 5.41) is 13.7. The summed E-state index contributed by atoms with van der Waals surface area (Å²) in [5.41, 5.74) is 0.835. The Labute approximate surface area is 115 Å². The lowest BCUT2D eigenvalue weighted by molar-refractivity contribution is -0.131. The third kappa shape index (κ3) is 5.76. The van der Waals surface area contributed by atoms with Crippen LogP contribution in [0.3, 0.4) is 0 Å². The molecule has 7 nitrogen and oxygen atoms in total. The maximum atomic E-state index is 11.8. The monoisotopic (exact) mass is 277 g/mol. The molecule has 106 valence electrons. The number of nitrogens with zero attached hydrogens (tertiary/aromatic N) is 1. The van der Waals surface area contributed by atoms with Gasteiger partial charge in [0.25, 0.3) is 5.91 Å². The van der Waals surface area contributed by atoms with Gasteiger partial charge in [-0.15, -0.1) is 0 Å². The number of carbonyl (C=O) groups excluding carboxylic acids is 2. The molecular weight excluding hydrogens is 262 g/mol. The Morgan fingerprint density at radius 2 is 1.95 bits per heavy atom. The molecule has 0 unspecified atom stereocenters. The summed E-state index contributed by atoms with van der Waals surface area (Å²) in [5.74, 6) is -1.58. The molecular formula is C13H15N3O4. The summed E-state index contributed by atoms with van der Waals surface area (Å²) >= 11 is 0. The second-order valence-corrected chi connectivity index (χ2v) is 3.92. The number of pyridine rings is 1. The van der Waals surface area contributed by atoms with Crippen molar-refractivity contribution in [3.8, 4) is 0 Å². The van der Waals surface area contributed by atoms with Crippen LogP contribution in [0.4, 0.5) is 0 Å². The van der Waals surface area contributed by atoms with Crippen molar-refractivity contribution in [3.05, 3.63) is 35.7 Å². The van der Waals surface area contributed by atoms with Gasteiger partial charge in [0.05, 0.1) is 5.56 Å². The van der Waals surface area contributed by atoms with E-state index in [9.17, 15) is 14.4 Å². The van der Waals surface area contributed by atoms with E-state index in [2.05, 4.69) is 15.6 Å². The van der Waals surface area contributed by atoms with Gasteiger partial charge in [0.1, 0.15) is 0 Å². The molecule has 0 bridgehead atoms. The summed E-state index contributed by atoms with van der Waals surface area (Å²) in [6.07, 6.45) is 5.15. The number of carboxylic acid groups (broad SMARTS) is 1. The van der Waals surface area contributed by atoms with Crippen LogP contribution in [-0.2, 0) is 9.59 Å². The Hall–Kier alpha value is -2.70. The van der Waals surface area contributed by atoms with Gasteiger partial charge in [-0.2, -0.15) is 0 Å². The number of rotatable bonds is 6. The van der Waals surface area contributed by atoms with Crippen LogP contribution in [0.25, 0.3) is 6.08 Å². The molecule has 0 aromatic carbocycles. The van der Waals surface area contributed by atoms with Gasteiger partial charge in [-0.25, -0.2) is 4.79 Å². The third-order valence-electron chi connectivity index (χ3n) is 2.22. The summed E-state index contributed by atoms with van der Waals surface area (Å²) < 4.78 is 0. The first kappa shape index (κ1) is 15.4. The Balaban J connectivity index is 2.57. The zero-order chi connectivity index (χ0) is 15.0. The molecule has 3 N–H and O–H groups in total. The molecule has 0 radical (unpaired) electrons. The largest absolute Gasteiger partial charge is 0.478 e. The van der Waals surface area contributed by atoms with Crippen LogP contribution < -0.4 is 10.6 Å². The first-order valence-electron chi connectivity index (χ1n) is 5.87. The molecule has 20 heavy (non-hydrogen) atoms. The van der Waals surface area contributed by atoms with Crippen molar-refractivity contribution < 1.29 is 19.5 Å². The number of amides is 2. The Bertz CT molecular complexity index is 540. The molecule has 0 aliphatic heterocycles. The minimum absolute atomic E-state index is 0.165. The van der Waals surface area contributed by atoms with E-state index in [1.807, 2.05) is 0 Å². The van der Waals surface area contributed by atoms with Gasteiger partial charge < -0.3 is 15.7 Å². The topological polar surface area (TPSA) is 108 Å². The highest BCUT2D eigenvalue weighted by Gasteiger charge is 2.05. The van der Waals surface area contributed by atoms with Gasteiger partial charge in [-0.1, -0.05) is 0 Å². The summed E-state index contributed by atoms with van der Waals surface area (Å²) in [4.78, 5) is 36.7. The van der Waals surface area contributed by atoms with Gasteiger partial charge in [-0.05, 0) is 17.7 Å². The minimum atomic E-state index is -1.07. The normalized spacial score (nSPS) is 10.2. The third-order valence-corrected chi connectivity index (χ3v) is 2.22. The number of hydrogen-bond donors (Lipinski definition) is 3. The average molecular weight is 277 g/mol. The fourth-order valence-electron chi connectivity index (χ4n) is 1.36. The quantitative estimate of drug-likeness (QED) is 0.503. The molecule has 0 atom stereocenters. The minimum Gasteiger partial charge on any atom is -0.478 e. The lowest BCUT2D eigenvalue weighted by atomic mass is 10.2. The van der Waals surface area contributed by atoms with Crippen molar-refractivity contribution in [2.75, 3.05) is 13.1 Å². The lowest BCUT2D eigenvalue weighted by Gasteiger charge is -2.05. The molecule has 0 aliphatic carbocycles. The second-order valence-electron chi connectivity index (χ2n) is 3.92. The van der Waals surface area contributed by atoms with Crippen LogP contribution in [0.15, 0.2) is 24.5 Å². The van der Waals surface area contributed by atoms with Crippen LogP contribution in [0.1, 0.15) is 22.8 Å². The van der Waals surface area contributed by atoms with Crippen molar-refractivity contribution in [1.82, 2.24) is 15.6 Å². The average Bonchev–Trinajstić information content (AvgIpc) is 2.41. The standard InChI is InChI=1S/C13H15N3O4/c1-9(17)15-4-5-16-13(20)11-6-10(7-14-8-11)2-3-12(18)19/h2-3,6-8H,4-5H2,1H3,(H,15,17)(H,16,20)(H,18,19). The maximum absolute atomic E-state index is 11.8. The molecule has 0 aliphatic rings. The van der Waals surface area contributed by atoms with Gasteiger partial charge >= 0.3 is 5.97 Å². The molecule has 1 rings (SSSR count). The maximum Gasteiger partial charge on any atom is 0.328 e. The Morgan fingerprint density at radius 1 is 1.25 bits per heavy atom. The van der Waals surface area contributed by atoms with Crippen molar-refractivity contribution in [1.29, 1.82) is 0 Å². The van der Waals surface area contributed by atoms with E-state index in [1.165, 1.54) is 31.5 Å². The van der Waals surface area contributed by atoms with Gasteiger partial charge in [0.2, 0.25) is 5.91 Å². The van der Waals surface area contributed by atoms with E-state index in [-0.39, 0.29) is 11.8 Å². The Morgan fingerprint density at radius 3 is 2.60 bits per heavy atom. The van der Waals surface area contributed by atoms with Gasteiger partial charge in [-0.3, -0.25) is 14.6 Å². The van der Waals surface area contributed by atoms with E-state index in [0.717, 1.165) is 6.08 Å². The predicted octanol–water partition coefficient (Wildman–Crippen LogP) is 0.0453. The van der Waals surface area contributed by atoms with Crippen molar-refractivity contribution in [2.45, 2.75) is 6.92 Å². The SMILES string of the molecule is CC(=O)NCCNC(=O)c1cncc(C=CC(=O)O)c1. The smallest absolute Gasteiger partial charge is 0.328 e. The zero-order valence-corrected chi connectivity index (χ0v) is 10.9. The van der Waals surface area contributed by atoms with E-state index in [0.29, 0.717) is 24.2 Å². The van der Waals surface area contributed by atoms with Gasteiger partial charge in [0.15, 0.2) is 0 Å². The predicted molar refractivity (Wildman–Crippen MR) is 71.9 cm³/mol. The molecule has 0 spiro atoms. The Kier molecular flexibility index (Phi) is 5.89. The first-order valence-corrected chi connectivity index (χ1v) is 5.87. The highest BCUT2D eigenvalue weighted by Crippen LogP contribution is 2.04. The number of aromatic nitrogens is 1. The van der Waals surface area contributed by atoms with Crippen LogP contribution in [0.5, 0.6) is 0 Å². The van der Waals surface area contributed by atoms with E-state index >= 15 is 0 Å². The van der Waals surface area contributed by atoms with Crippen molar-refractivity contribution in [3.63, 3.8) is 0 Å². The van der Waals surface area contributed by atoms with E-state index in [4.69, 9.17) is 5.11 Å². The number of hydrogen-bond acceptors (Lipinski definition) is 4. The number of aliphatic carboxylic acids is 1. The molecule has 2 amide bonds. The molecule has 1 aromatic heterocycles. The molecule has 0 saturated carbocycles.